The smallest absolute Gasteiger partial charge is 0.496 e. The third-order valence-electron chi connectivity index (χ3n) is 4.46. The van der Waals surface area contributed by atoms with E-state index < -0.39 is 15.6 Å². The minimum absolute atomic E-state index is 0.264. The third kappa shape index (κ3) is 4.79. The van der Waals surface area contributed by atoms with Gasteiger partial charge in [-0.05, 0) is 72.2 Å². The maximum absolute atomic E-state index is 12.5. The van der Waals surface area contributed by atoms with Gasteiger partial charge in [-0.3, -0.25) is 0 Å². The summed E-state index contributed by atoms with van der Waals surface area (Å²) in [6, 6.07) is 8.47. The fourth-order valence-corrected chi connectivity index (χ4v) is 3.45. The first kappa shape index (κ1) is 22.1. The van der Waals surface area contributed by atoms with E-state index in [0.717, 1.165) is 22.4 Å². The Kier molecular flexibility index (Phi) is 6.33. The maximum Gasteiger partial charge on any atom is 0.534 e. The number of halogens is 3. The molecule has 2 aromatic rings. The average molecular weight is 416 g/mol. The molecule has 0 fully saturated rings. The van der Waals surface area contributed by atoms with Gasteiger partial charge < -0.3 is 8.92 Å². The Balaban J connectivity index is 2.35. The number of hydrogen-bond donors (Lipinski definition) is 0. The summed E-state index contributed by atoms with van der Waals surface area (Å²) in [4.78, 5) is 0. The van der Waals surface area contributed by atoms with Crippen molar-refractivity contribution in [3.8, 4) is 11.5 Å². The van der Waals surface area contributed by atoms with Crippen molar-refractivity contribution in [3.63, 3.8) is 0 Å². The van der Waals surface area contributed by atoms with E-state index in [0.29, 0.717) is 17.5 Å². The summed E-state index contributed by atoms with van der Waals surface area (Å²) >= 11 is 0. The molecule has 4 nitrogen and oxygen atoms in total. The van der Waals surface area contributed by atoms with Crippen LogP contribution in [0, 0.1) is 13.8 Å². The molecule has 0 aliphatic carbocycles. The van der Waals surface area contributed by atoms with Crippen molar-refractivity contribution in [2.24, 2.45) is 0 Å². The van der Waals surface area contributed by atoms with Crippen molar-refractivity contribution in [1.82, 2.24) is 0 Å². The number of hydrogen-bond acceptors (Lipinski definition) is 4. The van der Waals surface area contributed by atoms with Crippen LogP contribution < -0.4 is 8.92 Å². The van der Waals surface area contributed by atoms with Crippen molar-refractivity contribution < 1.29 is 30.5 Å². The monoisotopic (exact) mass is 416 g/mol. The number of benzene rings is 2. The highest BCUT2D eigenvalue weighted by atomic mass is 32.2. The Morgan fingerprint density at radius 2 is 1.61 bits per heavy atom. The zero-order valence-electron chi connectivity index (χ0n) is 16.3. The number of methoxy groups -OCH3 is 1. The first-order chi connectivity index (χ1) is 12.9. The molecule has 154 valence electrons. The molecule has 0 aliphatic heterocycles. The van der Waals surface area contributed by atoms with Crippen molar-refractivity contribution in [1.29, 1.82) is 0 Å². The number of ether oxygens (including phenoxy) is 1. The van der Waals surface area contributed by atoms with Crippen molar-refractivity contribution in [2.45, 2.75) is 45.5 Å². The Bertz CT molecular complexity index is 941. The number of alkyl halides is 3. The van der Waals surface area contributed by atoms with E-state index >= 15 is 0 Å². The Morgan fingerprint density at radius 3 is 2.07 bits per heavy atom. The van der Waals surface area contributed by atoms with Crippen LogP contribution in [0.25, 0.3) is 0 Å². The zero-order chi connectivity index (χ0) is 21.3. The average Bonchev–Trinajstić information content (AvgIpc) is 2.56. The van der Waals surface area contributed by atoms with E-state index in [2.05, 4.69) is 18.0 Å². The van der Waals surface area contributed by atoms with Gasteiger partial charge in [-0.2, -0.15) is 21.6 Å². The molecule has 0 atom stereocenters. The number of rotatable bonds is 6. The van der Waals surface area contributed by atoms with Gasteiger partial charge in [0.2, 0.25) is 0 Å². The van der Waals surface area contributed by atoms with Crippen LogP contribution in [0.4, 0.5) is 13.2 Å². The van der Waals surface area contributed by atoms with Gasteiger partial charge in [-0.25, -0.2) is 0 Å². The Labute approximate surface area is 163 Å². The summed E-state index contributed by atoms with van der Waals surface area (Å²) in [6.07, 6.45) is 0.549. The molecule has 2 aromatic carbocycles. The Morgan fingerprint density at radius 1 is 1.04 bits per heavy atom. The highest BCUT2D eigenvalue weighted by Gasteiger charge is 2.48. The van der Waals surface area contributed by atoms with Gasteiger partial charge in [0.05, 0.1) is 7.11 Å². The van der Waals surface area contributed by atoms with Crippen molar-refractivity contribution >= 4 is 10.1 Å². The highest BCUT2D eigenvalue weighted by Crippen LogP contribution is 2.32. The predicted molar refractivity (Wildman–Crippen MR) is 101 cm³/mol. The van der Waals surface area contributed by atoms with Gasteiger partial charge in [-0.15, -0.1) is 0 Å². The SMILES string of the molecule is COc1ccc(Cc2c(C)cc(OS(=O)(=O)C(F)(F)F)cc2C)cc1C(C)C. The molecule has 0 amide bonds. The molecule has 0 bridgehead atoms. The molecule has 0 saturated carbocycles. The second kappa shape index (κ2) is 8.03. The lowest BCUT2D eigenvalue weighted by atomic mass is 9.93. The minimum Gasteiger partial charge on any atom is -0.496 e. The van der Waals surface area contributed by atoms with E-state index in [-0.39, 0.29) is 11.7 Å². The molecule has 2 rings (SSSR count). The summed E-state index contributed by atoms with van der Waals surface area (Å²) in [7, 11) is -4.08. The largest absolute Gasteiger partial charge is 0.534 e. The van der Waals surface area contributed by atoms with Crippen LogP contribution in [0.3, 0.4) is 0 Å². The first-order valence-corrected chi connectivity index (χ1v) is 10.0. The standard InChI is InChI=1S/C20H23F3O4S/c1-12(2)17-10-15(6-7-19(17)26-5)11-18-13(3)8-16(9-14(18)4)27-28(24,25)20(21,22)23/h6-10,12H,11H2,1-5H3. The van der Waals surface area contributed by atoms with E-state index in [4.69, 9.17) is 4.74 Å². The molecular formula is C20H23F3O4S. The van der Waals surface area contributed by atoms with Crippen molar-refractivity contribution in [2.75, 3.05) is 7.11 Å². The predicted octanol–water partition coefficient (Wildman–Crippen LogP) is 5.25. The molecule has 0 aromatic heterocycles. The second-order valence-electron chi connectivity index (χ2n) is 6.93. The molecule has 0 saturated heterocycles. The molecular weight excluding hydrogens is 393 g/mol. The van der Waals surface area contributed by atoms with Crippen LogP contribution in [-0.4, -0.2) is 21.0 Å². The fourth-order valence-electron chi connectivity index (χ4n) is 3.00. The van der Waals surface area contributed by atoms with Crippen LogP contribution in [-0.2, 0) is 16.5 Å². The van der Waals surface area contributed by atoms with Gasteiger partial charge in [0.15, 0.2) is 0 Å². The molecule has 0 spiro atoms. The van der Waals surface area contributed by atoms with Crippen LogP contribution >= 0.6 is 0 Å². The van der Waals surface area contributed by atoms with E-state index in [1.807, 2.05) is 18.2 Å². The van der Waals surface area contributed by atoms with Crippen molar-refractivity contribution in [3.05, 3.63) is 58.1 Å². The first-order valence-electron chi connectivity index (χ1n) is 8.63. The molecule has 0 radical (unpaired) electrons. The summed E-state index contributed by atoms with van der Waals surface area (Å²) in [5.74, 6) is 0.711. The lowest BCUT2D eigenvalue weighted by molar-refractivity contribution is -0.0500. The summed E-state index contributed by atoms with van der Waals surface area (Å²) < 4.78 is 69.7. The summed E-state index contributed by atoms with van der Waals surface area (Å²) in [5.41, 5.74) is -1.19. The quantitative estimate of drug-likeness (QED) is 0.476. The van der Waals surface area contributed by atoms with Crippen LogP contribution in [0.1, 0.15) is 47.6 Å². The molecule has 0 aliphatic rings. The molecule has 0 heterocycles. The van der Waals surface area contributed by atoms with Gasteiger partial charge in [-0.1, -0.05) is 26.0 Å². The van der Waals surface area contributed by atoms with E-state index in [1.165, 1.54) is 12.1 Å². The summed E-state index contributed by atoms with van der Waals surface area (Å²) in [6.45, 7) is 7.54. The van der Waals surface area contributed by atoms with Crippen LogP contribution in [0.2, 0.25) is 0 Å². The maximum atomic E-state index is 12.5. The second-order valence-corrected chi connectivity index (χ2v) is 8.46. The minimum atomic E-state index is -5.69. The van der Waals surface area contributed by atoms with Gasteiger partial charge in [0.25, 0.3) is 0 Å². The highest BCUT2D eigenvalue weighted by molar-refractivity contribution is 7.88. The van der Waals surface area contributed by atoms with E-state index in [9.17, 15) is 21.6 Å². The van der Waals surface area contributed by atoms with Gasteiger partial charge in [0, 0.05) is 0 Å². The van der Waals surface area contributed by atoms with Gasteiger partial charge in [0.1, 0.15) is 11.5 Å². The Hall–Kier alpha value is -2.22. The van der Waals surface area contributed by atoms with Gasteiger partial charge >= 0.3 is 15.6 Å². The van der Waals surface area contributed by atoms with Crippen LogP contribution in [0.5, 0.6) is 11.5 Å². The fraction of sp³-hybridized carbons (Fsp3) is 0.400. The number of aryl methyl sites for hydroxylation is 2. The summed E-state index contributed by atoms with van der Waals surface area (Å²) in [5, 5.41) is 0. The lowest BCUT2D eigenvalue weighted by Crippen LogP contribution is -2.28. The molecule has 28 heavy (non-hydrogen) atoms. The lowest BCUT2D eigenvalue weighted by Gasteiger charge is -2.16. The third-order valence-corrected chi connectivity index (χ3v) is 5.43. The molecule has 0 unspecified atom stereocenters. The van der Waals surface area contributed by atoms with E-state index in [1.54, 1.807) is 21.0 Å². The molecule has 0 N–H and O–H groups in total. The topological polar surface area (TPSA) is 52.6 Å². The zero-order valence-corrected chi connectivity index (χ0v) is 17.2. The normalized spacial score (nSPS) is 12.3. The molecule has 8 heteroatoms. The van der Waals surface area contributed by atoms with Crippen LogP contribution in [0.15, 0.2) is 30.3 Å².